The number of nitrogens with one attached hydrogen (secondary N) is 1. The summed E-state index contributed by atoms with van der Waals surface area (Å²) in [5.41, 5.74) is 2.82. The summed E-state index contributed by atoms with van der Waals surface area (Å²) in [6.07, 6.45) is 1.21. The lowest BCUT2D eigenvalue weighted by Gasteiger charge is -2.17. The van der Waals surface area contributed by atoms with E-state index >= 15 is 0 Å². The molecule has 1 fully saturated rings. The van der Waals surface area contributed by atoms with E-state index in [-0.39, 0.29) is 24.2 Å². The molecule has 1 N–H and O–H groups in total. The van der Waals surface area contributed by atoms with Gasteiger partial charge < -0.3 is 10.2 Å². The van der Waals surface area contributed by atoms with Crippen LogP contribution >= 0.6 is 15.9 Å². The zero-order valence-corrected chi connectivity index (χ0v) is 15.0. The molecule has 0 spiro atoms. The molecule has 1 unspecified atom stereocenters. The second-order valence-corrected chi connectivity index (χ2v) is 6.84. The van der Waals surface area contributed by atoms with Crippen LogP contribution in [0.2, 0.25) is 0 Å². The van der Waals surface area contributed by atoms with Gasteiger partial charge in [-0.05, 0) is 48.4 Å². The van der Waals surface area contributed by atoms with Crippen LogP contribution < -0.4 is 10.2 Å². The lowest BCUT2D eigenvalue weighted by atomic mass is 10.1. The molecule has 1 aliphatic rings. The van der Waals surface area contributed by atoms with Gasteiger partial charge in [-0.15, -0.1) is 0 Å². The smallest absolute Gasteiger partial charge is 0.229 e. The van der Waals surface area contributed by atoms with Crippen molar-refractivity contribution in [3.05, 3.63) is 58.6 Å². The van der Waals surface area contributed by atoms with Gasteiger partial charge in [-0.1, -0.05) is 35.0 Å². The second-order valence-electron chi connectivity index (χ2n) is 5.92. The molecule has 1 heterocycles. The first-order valence-corrected chi connectivity index (χ1v) is 8.82. The first-order valence-electron chi connectivity index (χ1n) is 8.02. The number of rotatable bonds is 4. The van der Waals surface area contributed by atoms with Crippen LogP contribution in [0.1, 0.15) is 18.9 Å². The molecular formula is C19H19BrN2O2. The Balaban J connectivity index is 1.66. The molecule has 0 aromatic heterocycles. The van der Waals surface area contributed by atoms with Gasteiger partial charge >= 0.3 is 0 Å². The van der Waals surface area contributed by atoms with Crippen LogP contribution in [0.3, 0.4) is 0 Å². The minimum atomic E-state index is -0.327. The van der Waals surface area contributed by atoms with Gasteiger partial charge in [0.15, 0.2) is 0 Å². The summed E-state index contributed by atoms with van der Waals surface area (Å²) in [6.45, 7) is 2.51. The summed E-state index contributed by atoms with van der Waals surface area (Å²) in [7, 11) is 0. The Kier molecular flexibility index (Phi) is 5.00. The zero-order chi connectivity index (χ0) is 17.1. The third-order valence-electron chi connectivity index (χ3n) is 4.26. The minimum Gasteiger partial charge on any atom is -0.326 e. The Hall–Kier alpha value is -2.14. The highest BCUT2D eigenvalue weighted by Crippen LogP contribution is 2.27. The van der Waals surface area contributed by atoms with E-state index in [0.29, 0.717) is 6.54 Å². The number of hydrogen-bond acceptors (Lipinski definition) is 2. The van der Waals surface area contributed by atoms with E-state index in [1.54, 1.807) is 4.90 Å². The van der Waals surface area contributed by atoms with E-state index in [0.717, 1.165) is 22.3 Å². The molecule has 2 aromatic carbocycles. The lowest BCUT2D eigenvalue weighted by molar-refractivity contribution is -0.122. The van der Waals surface area contributed by atoms with Gasteiger partial charge in [-0.25, -0.2) is 0 Å². The molecule has 0 aliphatic carbocycles. The lowest BCUT2D eigenvalue weighted by Crippen LogP contribution is -2.28. The van der Waals surface area contributed by atoms with Gasteiger partial charge in [0.05, 0.1) is 5.92 Å². The van der Waals surface area contributed by atoms with E-state index in [2.05, 4.69) is 28.2 Å². The maximum absolute atomic E-state index is 12.4. The Morgan fingerprint density at radius 3 is 2.46 bits per heavy atom. The van der Waals surface area contributed by atoms with Crippen LogP contribution in [-0.4, -0.2) is 18.4 Å². The van der Waals surface area contributed by atoms with Crippen LogP contribution in [0.4, 0.5) is 11.4 Å². The number of anilines is 2. The average molecular weight is 387 g/mol. The number of carbonyl (C=O) groups is 2. The zero-order valence-electron chi connectivity index (χ0n) is 13.5. The van der Waals surface area contributed by atoms with Gasteiger partial charge in [0.2, 0.25) is 11.8 Å². The fraction of sp³-hybridized carbons (Fsp3) is 0.263. The monoisotopic (exact) mass is 386 g/mol. The van der Waals surface area contributed by atoms with Crippen LogP contribution in [0, 0.1) is 5.92 Å². The van der Waals surface area contributed by atoms with Gasteiger partial charge in [0, 0.05) is 28.8 Å². The molecule has 4 nitrogen and oxygen atoms in total. The van der Waals surface area contributed by atoms with Gasteiger partial charge in [0.25, 0.3) is 0 Å². The summed E-state index contributed by atoms with van der Waals surface area (Å²) >= 11 is 3.38. The van der Waals surface area contributed by atoms with Crippen LogP contribution in [-0.2, 0) is 16.0 Å². The number of halogens is 1. The highest BCUT2D eigenvalue weighted by atomic mass is 79.9. The number of aryl methyl sites for hydroxylation is 1. The second kappa shape index (κ2) is 7.18. The van der Waals surface area contributed by atoms with E-state index in [9.17, 15) is 9.59 Å². The van der Waals surface area contributed by atoms with Crippen LogP contribution in [0.25, 0.3) is 0 Å². The molecule has 3 rings (SSSR count). The number of benzene rings is 2. The Morgan fingerprint density at radius 1 is 1.17 bits per heavy atom. The maximum atomic E-state index is 12.4. The number of carbonyl (C=O) groups excluding carboxylic acids is 2. The molecule has 124 valence electrons. The molecule has 1 atom stereocenters. The van der Waals surface area contributed by atoms with E-state index in [4.69, 9.17) is 0 Å². The molecule has 2 amide bonds. The molecule has 24 heavy (non-hydrogen) atoms. The molecule has 5 heteroatoms. The van der Waals surface area contributed by atoms with Crippen molar-refractivity contribution in [2.75, 3.05) is 16.8 Å². The summed E-state index contributed by atoms with van der Waals surface area (Å²) < 4.78 is 0.961. The molecule has 1 aliphatic heterocycles. The highest BCUT2D eigenvalue weighted by molar-refractivity contribution is 9.10. The maximum Gasteiger partial charge on any atom is 0.229 e. The van der Waals surface area contributed by atoms with Crippen LogP contribution in [0.15, 0.2) is 53.0 Å². The van der Waals surface area contributed by atoms with Gasteiger partial charge in [-0.2, -0.15) is 0 Å². The van der Waals surface area contributed by atoms with E-state index in [1.165, 1.54) is 5.56 Å². The summed E-state index contributed by atoms with van der Waals surface area (Å²) in [5, 5.41) is 2.91. The van der Waals surface area contributed by atoms with Crippen molar-refractivity contribution in [3.8, 4) is 0 Å². The van der Waals surface area contributed by atoms with E-state index in [1.807, 2.05) is 48.5 Å². The topological polar surface area (TPSA) is 49.4 Å². The Labute approximate surface area is 150 Å². The van der Waals surface area contributed by atoms with Crippen molar-refractivity contribution < 1.29 is 9.59 Å². The third-order valence-corrected chi connectivity index (χ3v) is 4.79. The van der Waals surface area contributed by atoms with Crippen molar-refractivity contribution >= 4 is 39.1 Å². The van der Waals surface area contributed by atoms with Gasteiger partial charge in [0.1, 0.15) is 0 Å². The predicted octanol–water partition coefficient (Wildman–Crippen LogP) is 4.00. The number of hydrogen-bond donors (Lipinski definition) is 1. The predicted molar refractivity (Wildman–Crippen MR) is 99.1 cm³/mol. The molecule has 0 saturated carbocycles. The van der Waals surface area contributed by atoms with Crippen molar-refractivity contribution in [1.29, 1.82) is 0 Å². The Bertz CT molecular complexity index is 741. The third kappa shape index (κ3) is 3.67. The fourth-order valence-corrected chi connectivity index (χ4v) is 3.09. The molecule has 2 aromatic rings. The quantitative estimate of drug-likeness (QED) is 0.862. The SMILES string of the molecule is CCc1ccc(NC(=O)C2CC(=O)N(c3ccc(Br)cc3)C2)cc1. The molecule has 1 saturated heterocycles. The summed E-state index contributed by atoms with van der Waals surface area (Å²) in [6, 6.07) is 15.4. The van der Waals surface area contributed by atoms with Crippen molar-refractivity contribution in [2.45, 2.75) is 19.8 Å². The first kappa shape index (κ1) is 16.7. The number of nitrogens with zero attached hydrogens (tertiary/aromatic N) is 1. The first-order chi connectivity index (χ1) is 11.6. The molecule has 0 radical (unpaired) electrons. The largest absolute Gasteiger partial charge is 0.326 e. The Morgan fingerprint density at radius 2 is 1.83 bits per heavy atom. The van der Waals surface area contributed by atoms with Crippen molar-refractivity contribution in [1.82, 2.24) is 0 Å². The molecular weight excluding hydrogens is 368 g/mol. The summed E-state index contributed by atoms with van der Waals surface area (Å²) in [5.74, 6) is -0.446. The van der Waals surface area contributed by atoms with Gasteiger partial charge in [-0.3, -0.25) is 9.59 Å². The van der Waals surface area contributed by atoms with E-state index < -0.39 is 0 Å². The van der Waals surface area contributed by atoms with Crippen LogP contribution in [0.5, 0.6) is 0 Å². The standard InChI is InChI=1S/C19H19BrN2O2/c1-2-13-3-7-16(8-4-13)21-19(24)14-11-18(23)22(12-14)17-9-5-15(20)6-10-17/h3-10,14H,2,11-12H2,1H3,(H,21,24). The normalized spacial score (nSPS) is 17.2. The van der Waals surface area contributed by atoms with Crippen molar-refractivity contribution in [2.24, 2.45) is 5.92 Å². The number of amides is 2. The minimum absolute atomic E-state index is 0.0150. The van der Waals surface area contributed by atoms with Crippen molar-refractivity contribution in [3.63, 3.8) is 0 Å². The fourth-order valence-electron chi connectivity index (χ4n) is 2.82. The summed E-state index contributed by atoms with van der Waals surface area (Å²) in [4.78, 5) is 26.4. The molecule has 0 bridgehead atoms. The highest BCUT2D eigenvalue weighted by Gasteiger charge is 2.35. The average Bonchev–Trinajstić information content (AvgIpc) is 2.98.